The fraction of sp³-hybridized carbons (Fsp3) is 0. The zero-order valence-electron chi connectivity index (χ0n) is 13.2. The summed E-state index contributed by atoms with van der Waals surface area (Å²) in [6, 6.07) is 18.2. The summed E-state index contributed by atoms with van der Waals surface area (Å²) in [7, 11) is 0. The average molecular weight is 329 g/mol. The molecule has 2 heterocycles. The Kier molecular flexibility index (Phi) is 3.67. The molecule has 1 aromatic heterocycles. The lowest BCUT2D eigenvalue weighted by atomic mass is 10.1. The van der Waals surface area contributed by atoms with Gasteiger partial charge in [0.15, 0.2) is 0 Å². The van der Waals surface area contributed by atoms with Crippen LogP contribution in [-0.2, 0) is 4.79 Å². The van der Waals surface area contributed by atoms with E-state index in [4.69, 9.17) is 0 Å². The molecule has 4 rings (SSSR count). The molecule has 0 saturated carbocycles. The number of nitrogens with one attached hydrogen (secondary N) is 3. The van der Waals surface area contributed by atoms with E-state index in [1.807, 2.05) is 48.7 Å². The second-order valence-electron chi connectivity index (χ2n) is 5.72. The monoisotopic (exact) mass is 329 g/mol. The van der Waals surface area contributed by atoms with E-state index in [2.05, 4.69) is 15.6 Å². The first kappa shape index (κ1) is 15.0. The number of fused-ring (bicyclic) bond motifs is 1. The number of anilines is 2. The van der Waals surface area contributed by atoms with Gasteiger partial charge < -0.3 is 15.6 Å². The van der Waals surface area contributed by atoms with Gasteiger partial charge >= 0.3 is 0 Å². The zero-order chi connectivity index (χ0) is 17.2. The minimum absolute atomic E-state index is 0.156. The van der Waals surface area contributed by atoms with Crippen LogP contribution in [0.5, 0.6) is 0 Å². The molecular weight excluding hydrogens is 314 g/mol. The zero-order valence-corrected chi connectivity index (χ0v) is 13.2. The summed E-state index contributed by atoms with van der Waals surface area (Å²) in [5.41, 5.74) is 4.18. The number of aromatic nitrogens is 1. The second kappa shape index (κ2) is 6.13. The molecule has 25 heavy (non-hydrogen) atoms. The van der Waals surface area contributed by atoms with Gasteiger partial charge in [0.2, 0.25) is 0 Å². The Morgan fingerprint density at radius 1 is 1.00 bits per heavy atom. The van der Waals surface area contributed by atoms with Crippen molar-refractivity contribution < 1.29 is 9.59 Å². The highest BCUT2D eigenvalue weighted by Crippen LogP contribution is 2.34. The molecule has 2 amide bonds. The number of hydrogen-bond donors (Lipinski definition) is 3. The Bertz CT molecular complexity index is 973. The highest BCUT2D eigenvalue weighted by Gasteiger charge is 2.24. The number of benzene rings is 2. The van der Waals surface area contributed by atoms with Crippen LogP contribution in [0.1, 0.15) is 21.6 Å². The fourth-order valence-corrected chi connectivity index (χ4v) is 2.80. The first-order valence-corrected chi connectivity index (χ1v) is 7.88. The van der Waals surface area contributed by atoms with Crippen LogP contribution in [0, 0.1) is 0 Å². The molecule has 1 aliphatic rings. The smallest absolute Gasteiger partial charge is 0.256 e. The number of amides is 2. The minimum Gasteiger partial charge on any atom is -0.362 e. The van der Waals surface area contributed by atoms with Gasteiger partial charge in [-0.2, -0.15) is 0 Å². The maximum Gasteiger partial charge on any atom is 0.256 e. The normalized spacial score (nSPS) is 14.2. The Morgan fingerprint density at radius 2 is 1.84 bits per heavy atom. The van der Waals surface area contributed by atoms with E-state index in [9.17, 15) is 9.59 Å². The van der Waals surface area contributed by atoms with Crippen molar-refractivity contribution in [3.8, 4) is 0 Å². The van der Waals surface area contributed by atoms with Crippen LogP contribution in [0.25, 0.3) is 11.6 Å². The van der Waals surface area contributed by atoms with E-state index in [1.54, 1.807) is 24.3 Å². The predicted molar refractivity (Wildman–Crippen MR) is 98.1 cm³/mol. The summed E-state index contributed by atoms with van der Waals surface area (Å²) in [5, 5.41) is 5.69. The van der Waals surface area contributed by atoms with E-state index in [0.29, 0.717) is 22.5 Å². The first-order chi connectivity index (χ1) is 12.2. The molecule has 0 spiro atoms. The number of aromatic amines is 1. The van der Waals surface area contributed by atoms with Crippen molar-refractivity contribution in [1.29, 1.82) is 0 Å². The quantitative estimate of drug-likeness (QED) is 0.640. The van der Waals surface area contributed by atoms with Crippen molar-refractivity contribution in [3.05, 3.63) is 83.7 Å². The third-order valence-electron chi connectivity index (χ3n) is 4.02. The molecule has 0 aliphatic carbocycles. The SMILES string of the molecule is O=C1Nc2cc(NC(=O)c3ccccc3)ccc2/C1=C/c1ccc[nH]1. The molecule has 0 bridgehead atoms. The lowest BCUT2D eigenvalue weighted by Crippen LogP contribution is -2.11. The van der Waals surface area contributed by atoms with E-state index in [0.717, 1.165) is 11.3 Å². The molecule has 5 nitrogen and oxygen atoms in total. The first-order valence-electron chi connectivity index (χ1n) is 7.88. The van der Waals surface area contributed by atoms with Gasteiger partial charge in [-0.1, -0.05) is 24.3 Å². The highest BCUT2D eigenvalue weighted by atomic mass is 16.2. The Hall–Kier alpha value is -3.60. The summed E-state index contributed by atoms with van der Waals surface area (Å²) < 4.78 is 0. The van der Waals surface area contributed by atoms with Gasteiger partial charge in [-0.05, 0) is 42.5 Å². The van der Waals surface area contributed by atoms with Crippen molar-refractivity contribution in [1.82, 2.24) is 4.98 Å². The number of hydrogen-bond acceptors (Lipinski definition) is 2. The standard InChI is InChI=1S/C20H15N3O2/c24-19(13-5-2-1-3-6-13)22-15-8-9-16-17(11-14-7-4-10-21-14)20(25)23-18(16)12-15/h1-12,21H,(H,22,24)(H,23,25)/b17-11-. The Morgan fingerprint density at radius 3 is 2.60 bits per heavy atom. The molecule has 1 aliphatic heterocycles. The van der Waals surface area contributed by atoms with Gasteiger partial charge in [0.25, 0.3) is 11.8 Å². The van der Waals surface area contributed by atoms with Crippen molar-refractivity contribution >= 4 is 34.8 Å². The van der Waals surface area contributed by atoms with Crippen LogP contribution in [-0.4, -0.2) is 16.8 Å². The summed E-state index contributed by atoms with van der Waals surface area (Å²) in [6.07, 6.45) is 3.62. The Labute approximate surface area is 144 Å². The van der Waals surface area contributed by atoms with E-state index in [1.165, 1.54) is 0 Å². The van der Waals surface area contributed by atoms with Crippen LogP contribution in [0.3, 0.4) is 0 Å². The van der Waals surface area contributed by atoms with E-state index in [-0.39, 0.29) is 11.8 Å². The molecule has 0 atom stereocenters. The van der Waals surface area contributed by atoms with Crippen molar-refractivity contribution in [2.75, 3.05) is 10.6 Å². The maximum absolute atomic E-state index is 12.2. The number of carbonyl (C=O) groups is 2. The molecule has 122 valence electrons. The maximum atomic E-state index is 12.2. The van der Waals surface area contributed by atoms with E-state index >= 15 is 0 Å². The van der Waals surface area contributed by atoms with Crippen molar-refractivity contribution in [2.24, 2.45) is 0 Å². The lowest BCUT2D eigenvalue weighted by Gasteiger charge is -2.07. The molecule has 5 heteroatoms. The number of rotatable bonds is 3. The van der Waals surface area contributed by atoms with Gasteiger partial charge in [0.05, 0.1) is 11.3 Å². The molecule has 0 fully saturated rings. The van der Waals surface area contributed by atoms with Crippen LogP contribution in [0.2, 0.25) is 0 Å². The summed E-state index contributed by atoms with van der Waals surface area (Å²) in [5.74, 6) is -0.344. The van der Waals surface area contributed by atoms with E-state index < -0.39 is 0 Å². The summed E-state index contributed by atoms with van der Waals surface area (Å²) in [4.78, 5) is 27.5. The molecule has 0 radical (unpaired) electrons. The molecule has 0 saturated heterocycles. The summed E-state index contributed by atoms with van der Waals surface area (Å²) in [6.45, 7) is 0. The molecule has 3 aromatic rings. The third kappa shape index (κ3) is 2.95. The second-order valence-corrected chi connectivity index (χ2v) is 5.72. The Balaban J connectivity index is 1.60. The molecular formula is C20H15N3O2. The predicted octanol–water partition coefficient (Wildman–Crippen LogP) is 3.76. The third-order valence-corrected chi connectivity index (χ3v) is 4.02. The van der Waals surface area contributed by atoms with Crippen LogP contribution < -0.4 is 10.6 Å². The van der Waals surface area contributed by atoms with Gasteiger partial charge in [0, 0.05) is 28.7 Å². The van der Waals surface area contributed by atoms with Gasteiger partial charge in [0.1, 0.15) is 0 Å². The summed E-state index contributed by atoms with van der Waals surface area (Å²) >= 11 is 0. The average Bonchev–Trinajstić information content (AvgIpc) is 3.24. The van der Waals surface area contributed by atoms with Crippen LogP contribution in [0.4, 0.5) is 11.4 Å². The largest absolute Gasteiger partial charge is 0.362 e. The van der Waals surface area contributed by atoms with Gasteiger partial charge in [-0.15, -0.1) is 0 Å². The molecule has 0 unspecified atom stereocenters. The number of carbonyl (C=O) groups excluding carboxylic acids is 2. The molecule has 3 N–H and O–H groups in total. The minimum atomic E-state index is -0.188. The van der Waals surface area contributed by atoms with Crippen LogP contribution in [0.15, 0.2) is 66.9 Å². The molecule has 2 aromatic carbocycles. The lowest BCUT2D eigenvalue weighted by molar-refractivity contribution is -0.110. The fourth-order valence-electron chi connectivity index (χ4n) is 2.80. The van der Waals surface area contributed by atoms with Crippen molar-refractivity contribution in [3.63, 3.8) is 0 Å². The van der Waals surface area contributed by atoms with Gasteiger partial charge in [-0.3, -0.25) is 9.59 Å². The van der Waals surface area contributed by atoms with Crippen LogP contribution >= 0.6 is 0 Å². The number of H-pyrrole nitrogens is 1. The topological polar surface area (TPSA) is 74.0 Å². The highest BCUT2D eigenvalue weighted by molar-refractivity contribution is 6.35. The van der Waals surface area contributed by atoms with Gasteiger partial charge in [-0.25, -0.2) is 0 Å². The van der Waals surface area contributed by atoms with Crippen molar-refractivity contribution in [2.45, 2.75) is 0 Å².